The quantitative estimate of drug-likeness (QED) is 0.521. The fraction of sp³-hybridized carbons (Fsp3) is 0.750. The van der Waals surface area contributed by atoms with Gasteiger partial charge in [-0.2, -0.15) is 0 Å². The Labute approximate surface area is 80.2 Å². The fourth-order valence-corrected chi connectivity index (χ4v) is 2.86. The van der Waals surface area contributed by atoms with Crippen molar-refractivity contribution in [3.05, 3.63) is 11.1 Å². The zero-order chi connectivity index (χ0) is 9.42. The van der Waals surface area contributed by atoms with E-state index < -0.39 is 0 Å². The summed E-state index contributed by atoms with van der Waals surface area (Å²) >= 11 is 0. The summed E-state index contributed by atoms with van der Waals surface area (Å²) in [4.78, 5) is 11.3. The summed E-state index contributed by atoms with van der Waals surface area (Å²) < 4.78 is 0. The molecule has 0 amide bonds. The lowest BCUT2D eigenvalue weighted by atomic mass is 9.69. The van der Waals surface area contributed by atoms with Crippen molar-refractivity contribution in [2.24, 2.45) is 11.8 Å². The lowest BCUT2D eigenvalue weighted by Crippen LogP contribution is -2.28. The summed E-state index contributed by atoms with van der Waals surface area (Å²) in [5.74, 6) is 1.88. The summed E-state index contributed by atoms with van der Waals surface area (Å²) in [5, 5.41) is 0. The van der Waals surface area contributed by atoms with E-state index in [2.05, 4.69) is 13.8 Å². The van der Waals surface area contributed by atoms with Gasteiger partial charge in [0, 0.05) is 12.8 Å². The molecule has 0 spiro atoms. The summed E-state index contributed by atoms with van der Waals surface area (Å²) in [5.41, 5.74) is 3.12. The van der Waals surface area contributed by atoms with E-state index in [-0.39, 0.29) is 0 Å². The van der Waals surface area contributed by atoms with Crippen LogP contribution in [0.15, 0.2) is 11.1 Å². The number of rotatable bonds is 0. The molecule has 0 aromatic rings. The van der Waals surface area contributed by atoms with Crippen molar-refractivity contribution in [3.63, 3.8) is 0 Å². The number of Topliss-reactive ketones (excluding diaryl/α,β-unsaturated/α-hetero) is 1. The smallest absolute Gasteiger partial charge is 0.133 e. The van der Waals surface area contributed by atoms with E-state index in [0.29, 0.717) is 17.6 Å². The molecular formula is C12H18O. The van der Waals surface area contributed by atoms with Gasteiger partial charge in [0.25, 0.3) is 0 Å². The highest BCUT2D eigenvalue weighted by Gasteiger charge is 2.32. The highest BCUT2D eigenvalue weighted by atomic mass is 16.1. The number of hydrogen-bond acceptors (Lipinski definition) is 1. The van der Waals surface area contributed by atoms with Crippen LogP contribution in [0, 0.1) is 11.8 Å². The predicted molar refractivity (Wildman–Crippen MR) is 53.4 cm³/mol. The Morgan fingerprint density at radius 2 is 1.62 bits per heavy atom. The van der Waals surface area contributed by atoms with E-state index in [1.54, 1.807) is 5.57 Å². The van der Waals surface area contributed by atoms with Gasteiger partial charge in [-0.25, -0.2) is 0 Å². The maximum Gasteiger partial charge on any atom is 0.133 e. The molecule has 72 valence electrons. The van der Waals surface area contributed by atoms with Crippen LogP contribution in [-0.4, -0.2) is 5.78 Å². The first-order valence-corrected chi connectivity index (χ1v) is 5.32. The van der Waals surface area contributed by atoms with Gasteiger partial charge in [0.05, 0.1) is 0 Å². The SMILES string of the molecule is CC(C)=C1C[C@H]2CC(=O)C[C@@H](C1)C2. The molecule has 2 aliphatic rings. The average molecular weight is 178 g/mol. The molecule has 1 nitrogen and oxygen atoms in total. The topological polar surface area (TPSA) is 17.1 Å². The molecule has 0 heterocycles. The van der Waals surface area contributed by atoms with Gasteiger partial charge in [0.1, 0.15) is 5.78 Å². The number of carbonyl (C=O) groups excluding carboxylic acids is 1. The van der Waals surface area contributed by atoms with Crippen molar-refractivity contribution in [2.75, 3.05) is 0 Å². The molecule has 2 bridgehead atoms. The zero-order valence-electron chi connectivity index (χ0n) is 8.60. The first kappa shape index (κ1) is 8.98. The van der Waals surface area contributed by atoms with E-state index in [9.17, 15) is 4.79 Å². The van der Waals surface area contributed by atoms with E-state index in [1.807, 2.05) is 0 Å². The molecule has 13 heavy (non-hydrogen) atoms. The second kappa shape index (κ2) is 3.28. The summed E-state index contributed by atoms with van der Waals surface area (Å²) in [6.07, 6.45) is 5.41. The molecule has 2 rings (SSSR count). The standard InChI is InChI=1S/C12H18O/c1-8(2)11-4-9-3-10(5-11)7-12(13)6-9/h9-10H,3-7H2,1-2H3/t9-,10+. The van der Waals surface area contributed by atoms with E-state index >= 15 is 0 Å². The van der Waals surface area contributed by atoms with E-state index in [4.69, 9.17) is 0 Å². The van der Waals surface area contributed by atoms with Gasteiger partial charge in [-0.15, -0.1) is 0 Å². The molecule has 1 heteroatoms. The first-order chi connectivity index (χ1) is 6.15. The van der Waals surface area contributed by atoms with Crippen molar-refractivity contribution < 1.29 is 4.79 Å². The number of fused-ring (bicyclic) bond motifs is 2. The number of hydrogen-bond donors (Lipinski definition) is 0. The van der Waals surface area contributed by atoms with Gasteiger partial charge < -0.3 is 0 Å². The van der Waals surface area contributed by atoms with E-state index in [0.717, 1.165) is 12.8 Å². The van der Waals surface area contributed by atoms with Gasteiger partial charge in [0.15, 0.2) is 0 Å². The normalized spacial score (nSPS) is 33.4. The molecule has 0 radical (unpaired) electrons. The maximum atomic E-state index is 11.3. The van der Waals surface area contributed by atoms with Crippen LogP contribution >= 0.6 is 0 Å². The number of carbonyl (C=O) groups is 1. The van der Waals surface area contributed by atoms with Crippen LogP contribution in [0.25, 0.3) is 0 Å². The monoisotopic (exact) mass is 178 g/mol. The molecular weight excluding hydrogens is 160 g/mol. The minimum absolute atomic E-state index is 0.508. The third-order valence-electron chi connectivity index (χ3n) is 3.48. The first-order valence-electron chi connectivity index (χ1n) is 5.32. The maximum absolute atomic E-state index is 11.3. The number of allylic oxidation sites excluding steroid dienone is 2. The third-order valence-corrected chi connectivity index (χ3v) is 3.48. The van der Waals surface area contributed by atoms with Crippen molar-refractivity contribution in [2.45, 2.75) is 46.0 Å². The highest BCUT2D eigenvalue weighted by Crippen LogP contribution is 2.41. The molecule has 0 aromatic carbocycles. The van der Waals surface area contributed by atoms with Crippen molar-refractivity contribution in [1.82, 2.24) is 0 Å². The lowest BCUT2D eigenvalue weighted by Gasteiger charge is -2.35. The van der Waals surface area contributed by atoms with Crippen LogP contribution in [-0.2, 0) is 4.79 Å². The minimum atomic E-state index is 0.508. The van der Waals surface area contributed by atoms with Crippen LogP contribution in [0.1, 0.15) is 46.0 Å². The van der Waals surface area contributed by atoms with E-state index in [1.165, 1.54) is 24.8 Å². The largest absolute Gasteiger partial charge is 0.300 e. The molecule has 2 aliphatic carbocycles. The molecule has 0 aromatic heterocycles. The van der Waals surface area contributed by atoms with Gasteiger partial charge in [-0.1, -0.05) is 11.1 Å². The van der Waals surface area contributed by atoms with Crippen molar-refractivity contribution in [3.8, 4) is 0 Å². The van der Waals surface area contributed by atoms with Gasteiger partial charge >= 0.3 is 0 Å². The third kappa shape index (κ3) is 1.84. The summed E-state index contributed by atoms with van der Waals surface area (Å²) in [7, 11) is 0. The second-order valence-electron chi connectivity index (χ2n) is 4.93. The van der Waals surface area contributed by atoms with Gasteiger partial charge in [0.2, 0.25) is 0 Å². The van der Waals surface area contributed by atoms with Crippen LogP contribution in [0.4, 0.5) is 0 Å². The molecule has 2 saturated carbocycles. The molecule has 0 N–H and O–H groups in total. The van der Waals surface area contributed by atoms with Gasteiger partial charge in [-0.3, -0.25) is 4.79 Å². The van der Waals surface area contributed by atoms with Gasteiger partial charge in [-0.05, 0) is 44.9 Å². The molecule has 2 atom stereocenters. The molecule has 0 saturated heterocycles. The van der Waals surface area contributed by atoms with Crippen molar-refractivity contribution in [1.29, 1.82) is 0 Å². The Hall–Kier alpha value is -0.590. The Morgan fingerprint density at radius 3 is 2.08 bits per heavy atom. The Bertz CT molecular complexity index is 240. The molecule has 2 fully saturated rings. The van der Waals surface area contributed by atoms with Crippen LogP contribution in [0.2, 0.25) is 0 Å². The Kier molecular flexibility index (Phi) is 2.27. The van der Waals surface area contributed by atoms with Crippen LogP contribution in [0.3, 0.4) is 0 Å². The molecule has 0 unspecified atom stereocenters. The molecule has 0 aliphatic heterocycles. The second-order valence-corrected chi connectivity index (χ2v) is 4.93. The summed E-state index contributed by atoms with van der Waals surface area (Å²) in [6, 6.07) is 0. The van der Waals surface area contributed by atoms with Crippen LogP contribution < -0.4 is 0 Å². The average Bonchev–Trinajstić information content (AvgIpc) is 2.01. The fourth-order valence-electron chi connectivity index (χ4n) is 2.86. The predicted octanol–water partition coefficient (Wildman–Crippen LogP) is 3.10. The zero-order valence-corrected chi connectivity index (χ0v) is 8.60. The lowest BCUT2D eigenvalue weighted by molar-refractivity contribution is -0.123. The Balaban J connectivity index is 2.14. The van der Waals surface area contributed by atoms with Crippen LogP contribution in [0.5, 0.6) is 0 Å². The Morgan fingerprint density at radius 1 is 1.08 bits per heavy atom. The minimum Gasteiger partial charge on any atom is -0.300 e. The summed E-state index contributed by atoms with van der Waals surface area (Å²) in [6.45, 7) is 4.41. The highest BCUT2D eigenvalue weighted by molar-refractivity contribution is 5.80. The van der Waals surface area contributed by atoms with Crippen molar-refractivity contribution >= 4 is 5.78 Å². The number of ketones is 1.